The molecule has 2 atom stereocenters. The highest BCUT2D eigenvalue weighted by atomic mass is 16.2. The van der Waals surface area contributed by atoms with Crippen LogP contribution in [0.4, 0.5) is 4.79 Å². The third-order valence-electron chi connectivity index (χ3n) is 1.69. The van der Waals surface area contributed by atoms with Gasteiger partial charge in [-0.05, 0) is 12.3 Å². The summed E-state index contributed by atoms with van der Waals surface area (Å²) in [7, 11) is 0. The van der Waals surface area contributed by atoms with Crippen LogP contribution in [0.25, 0.3) is 0 Å². The predicted octanol–water partition coefficient (Wildman–Crippen LogP) is -0.163. The van der Waals surface area contributed by atoms with E-state index in [9.17, 15) is 9.59 Å². The van der Waals surface area contributed by atoms with Crippen molar-refractivity contribution in [1.29, 1.82) is 0 Å². The smallest absolute Gasteiger partial charge is 0.318 e. The minimum Gasteiger partial charge on any atom is -0.351 e. The van der Waals surface area contributed by atoms with Gasteiger partial charge in [-0.2, -0.15) is 0 Å². The van der Waals surface area contributed by atoms with Gasteiger partial charge in [0.1, 0.15) is 0 Å². The van der Waals surface area contributed by atoms with Gasteiger partial charge in [0.25, 0.3) is 0 Å². The minimum atomic E-state index is -0.760. The number of hydrogen-bond acceptors (Lipinski definition) is 2. The molecule has 0 bridgehead atoms. The molecule has 3 N–H and O–H groups in total. The average molecular weight is 142 g/mol. The van der Waals surface area contributed by atoms with Crippen LogP contribution in [-0.2, 0) is 4.79 Å². The van der Waals surface area contributed by atoms with E-state index < -0.39 is 6.03 Å². The highest BCUT2D eigenvalue weighted by molar-refractivity contribution is 5.95. The lowest BCUT2D eigenvalue weighted by Gasteiger charge is -1.95. The Hall–Kier alpha value is -1.06. The fourth-order valence-electron chi connectivity index (χ4n) is 0.902. The van der Waals surface area contributed by atoms with E-state index in [2.05, 4.69) is 0 Å². The molecule has 56 valence electrons. The molecule has 0 spiro atoms. The number of carbonyl (C=O) groups excluding carboxylic acids is 2. The second kappa shape index (κ2) is 2.28. The van der Waals surface area contributed by atoms with E-state index in [4.69, 9.17) is 5.73 Å². The number of carbonyl (C=O) groups is 2. The summed E-state index contributed by atoms with van der Waals surface area (Å²) in [5.41, 5.74) is 4.73. The molecule has 1 saturated carbocycles. The van der Waals surface area contributed by atoms with Crippen LogP contribution in [-0.4, -0.2) is 11.9 Å². The molecule has 3 amide bonds. The molecule has 0 radical (unpaired) electrons. The Balaban J connectivity index is 2.30. The molecule has 0 aliphatic heterocycles. The lowest BCUT2D eigenvalue weighted by atomic mass is 10.3. The Morgan fingerprint density at radius 2 is 2.10 bits per heavy atom. The third kappa shape index (κ3) is 1.46. The van der Waals surface area contributed by atoms with Crippen molar-refractivity contribution in [2.45, 2.75) is 13.3 Å². The van der Waals surface area contributed by atoms with Crippen LogP contribution in [0.5, 0.6) is 0 Å². The number of rotatable bonds is 1. The first-order valence-corrected chi connectivity index (χ1v) is 3.21. The standard InChI is InChI=1S/C6H10N2O2/c1-3-2-4(3)5(9)8-6(7)10/h3-4H,2H2,1H3,(H3,7,8,9,10). The lowest BCUT2D eigenvalue weighted by Crippen LogP contribution is -2.36. The van der Waals surface area contributed by atoms with Gasteiger partial charge in [0.2, 0.25) is 5.91 Å². The Morgan fingerprint density at radius 1 is 1.60 bits per heavy atom. The van der Waals surface area contributed by atoms with Crippen LogP contribution in [0.2, 0.25) is 0 Å². The molecule has 0 aromatic rings. The van der Waals surface area contributed by atoms with Crippen molar-refractivity contribution in [2.24, 2.45) is 17.6 Å². The fourth-order valence-corrected chi connectivity index (χ4v) is 0.902. The highest BCUT2D eigenvalue weighted by Crippen LogP contribution is 2.37. The molecular weight excluding hydrogens is 132 g/mol. The summed E-state index contributed by atoms with van der Waals surface area (Å²) in [5, 5.41) is 2.04. The van der Waals surface area contributed by atoms with Crippen LogP contribution in [0.1, 0.15) is 13.3 Å². The SMILES string of the molecule is CC1CC1C(=O)NC(N)=O. The van der Waals surface area contributed by atoms with Gasteiger partial charge in [0, 0.05) is 5.92 Å². The minimum absolute atomic E-state index is 0.0208. The monoisotopic (exact) mass is 142 g/mol. The largest absolute Gasteiger partial charge is 0.351 e. The predicted molar refractivity (Wildman–Crippen MR) is 35.0 cm³/mol. The second-order valence-corrected chi connectivity index (χ2v) is 2.67. The van der Waals surface area contributed by atoms with E-state index in [0.29, 0.717) is 5.92 Å². The normalized spacial score (nSPS) is 29.3. The van der Waals surface area contributed by atoms with Crippen LogP contribution in [0.15, 0.2) is 0 Å². The molecule has 4 nitrogen and oxygen atoms in total. The number of nitrogens with two attached hydrogens (primary N) is 1. The van der Waals surface area contributed by atoms with Gasteiger partial charge in [-0.1, -0.05) is 6.92 Å². The maximum atomic E-state index is 10.8. The molecule has 1 rings (SSSR count). The molecule has 0 heterocycles. The van der Waals surface area contributed by atoms with E-state index in [1.54, 1.807) is 0 Å². The summed E-state index contributed by atoms with van der Waals surface area (Å²) >= 11 is 0. The summed E-state index contributed by atoms with van der Waals surface area (Å²) in [6, 6.07) is -0.760. The molecule has 1 aliphatic carbocycles. The summed E-state index contributed by atoms with van der Waals surface area (Å²) in [5.74, 6) is 0.201. The summed E-state index contributed by atoms with van der Waals surface area (Å²) in [6.45, 7) is 1.96. The van der Waals surface area contributed by atoms with E-state index in [0.717, 1.165) is 6.42 Å². The highest BCUT2D eigenvalue weighted by Gasteiger charge is 2.39. The molecule has 10 heavy (non-hydrogen) atoms. The van der Waals surface area contributed by atoms with Crippen LogP contribution >= 0.6 is 0 Å². The maximum Gasteiger partial charge on any atom is 0.318 e. The molecular formula is C6H10N2O2. The number of primary amides is 1. The van der Waals surface area contributed by atoms with Gasteiger partial charge in [0.05, 0.1) is 0 Å². The van der Waals surface area contributed by atoms with Crippen molar-refractivity contribution in [3.05, 3.63) is 0 Å². The Kier molecular flexibility index (Phi) is 1.61. The van der Waals surface area contributed by atoms with E-state index in [1.807, 2.05) is 12.2 Å². The van der Waals surface area contributed by atoms with Gasteiger partial charge >= 0.3 is 6.03 Å². The molecule has 2 unspecified atom stereocenters. The number of urea groups is 1. The zero-order valence-electron chi connectivity index (χ0n) is 5.76. The van der Waals surface area contributed by atoms with Gasteiger partial charge in [-0.15, -0.1) is 0 Å². The van der Waals surface area contributed by atoms with Crippen LogP contribution in [0, 0.1) is 11.8 Å². The van der Waals surface area contributed by atoms with Crippen molar-refractivity contribution in [3.8, 4) is 0 Å². The Labute approximate surface area is 58.8 Å². The average Bonchev–Trinajstić information content (AvgIpc) is 2.44. The van der Waals surface area contributed by atoms with Crippen LogP contribution in [0.3, 0.4) is 0 Å². The summed E-state index contributed by atoms with van der Waals surface area (Å²) in [4.78, 5) is 21.0. The molecule has 4 heteroatoms. The quantitative estimate of drug-likeness (QED) is 0.533. The van der Waals surface area contributed by atoms with Crippen molar-refractivity contribution >= 4 is 11.9 Å². The topological polar surface area (TPSA) is 72.2 Å². The van der Waals surface area contributed by atoms with E-state index in [-0.39, 0.29) is 11.8 Å². The first kappa shape index (κ1) is 7.05. The number of hydrogen-bond donors (Lipinski definition) is 2. The zero-order valence-corrected chi connectivity index (χ0v) is 5.76. The third-order valence-corrected chi connectivity index (χ3v) is 1.69. The molecule has 0 aromatic heterocycles. The maximum absolute atomic E-state index is 10.8. The second-order valence-electron chi connectivity index (χ2n) is 2.67. The molecule has 1 aliphatic rings. The van der Waals surface area contributed by atoms with Gasteiger partial charge in [0.15, 0.2) is 0 Å². The van der Waals surface area contributed by atoms with E-state index in [1.165, 1.54) is 0 Å². The number of imide groups is 1. The van der Waals surface area contributed by atoms with Crippen molar-refractivity contribution < 1.29 is 9.59 Å². The summed E-state index contributed by atoms with van der Waals surface area (Å²) in [6.07, 6.45) is 0.874. The first-order valence-electron chi connectivity index (χ1n) is 3.21. The molecule has 0 aromatic carbocycles. The molecule has 0 saturated heterocycles. The lowest BCUT2D eigenvalue weighted by molar-refractivity contribution is -0.121. The van der Waals surface area contributed by atoms with Gasteiger partial charge < -0.3 is 5.73 Å². The van der Waals surface area contributed by atoms with E-state index >= 15 is 0 Å². The summed E-state index contributed by atoms with van der Waals surface area (Å²) < 4.78 is 0. The number of nitrogens with one attached hydrogen (secondary N) is 1. The van der Waals surface area contributed by atoms with Crippen molar-refractivity contribution in [2.75, 3.05) is 0 Å². The Morgan fingerprint density at radius 3 is 2.40 bits per heavy atom. The number of amides is 3. The van der Waals surface area contributed by atoms with Crippen molar-refractivity contribution in [3.63, 3.8) is 0 Å². The van der Waals surface area contributed by atoms with Gasteiger partial charge in [-0.3, -0.25) is 10.1 Å². The fraction of sp³-hybridized carbons (Fsp3) is 0.667. The Bertz CT molecular complexity index is 179. The molecule has 1 fully saturated rings. The van der Waals surface area contributed by atoms with Gasteiger partial charge in [-0.25, -0.2) is 4.79 Å². The van der Waals surface area contributed by atoms with Crippen molar-refractivity contribution in [1.82, 2.24) is 5.32 Å². The van der Waals surface area contributed by atoms with Crippen LogP contribution < -0.4 is 11.1 Å². The first-order chi connectivity index (χ1) is 4.61. The zero-order chi connectivity index (χ0) is 7.72.